The van der Waals surface area contributed by atoms with Crippen molar-refractivity contribution in [2.75, 3.05) is 17.3 Å². The van der Waals surface area contributed by atoms with Crippen molar-refractivity contribution in [3.63, 3.8) is 0 Å². The van der Waals surface area contributed by atoms with Crippen LogP contribution < -0.4 is 10.5 Å². The second kappa shape index (κ2) is 9.71. The molecule has 1 amide bonds. The van der Waals surface area contributed by atoms with Gasteiger partial charge in [-0.25, -0.2) is 4.98 Å². The minimum Gasteiger partial charge on any atom is -0.396 e. The number of rotatable bonds is 8. The van der Waals surface area contributed by atoms with Crippen LogP contribution in [0.15, 0.2) is 64.5 Å². The van der Waals surface area contributed by atoms with Crippen molar-refractivity contribution in [3.05, 3.63) is 65.0 Å². The lowest BCUT2D eigenvalue weighted by Crippen LogP contribution is -2.38. The van der Waals surface area contributed by atoms with Crippen LogP contribution >= 0.6 is 11.8 Å². The van der Waals surface area contributed by atoms with Crippen LogP contribution in [0, 0.1) is 0 Å². The van der Waals surface area contributed by atoms with E-state index >= 15 is 0 Å². The summed E-state index contributed by atoms with van der Waals surface area (Å²) in [5.41, 5.74) is 1.30. The van der Waals surface area contributed by atoms with Crippen molar-refractivity contribution in [1.29, 1.82) is 0 Å². The van der Waals surface area contributed by atoms with Gasteiger partial charge in [-0.3, -0.25) is 14.2 Å². The van der Waals surface area contributed by atoms with Crippen molar-refractivity contribution in [1.82, 2.24) is 9.55 Å². The molecule has 152 valence electrons. The van der Waals surface area contributed by atoms with Gasteiger partial charge in [0.1, 0.15) is 0 Å². The van der Waals surface area contributed by atoms with Gasteiger partial charge in [0.05, 0.1) is 16.7 Å². The van der Waals surface area contributed by atoms with E-state index in [-0.39, 0.29) is 29.9 Å². The molecule has 7 heteroatoms. The number of aromatic nitrogens is 2. The summed E-state index contributed by atoms with van der Waals surface area (Å²) in [5, 5.41) is 10.2. The first-order valence-electron chi connectivity index (χ1n) is 9.63. The quantitative estimate of drug-likeness (QED) is 0.455. The highest BCUT2D eigenvalue weighted by molar-refractivity contribution is 7.99. The van der Waals surface area contributed by atoms with Gasteiger partial charge in [-0.1, -0.05) is 42.1 Å². The van der Waals surface area contributed by atoms with E-state index in [9.17, 15) is 14.7 Å². The standard InChI is InChI=1S/C22H25N3O3S/c1-16(2)25(17-9-4-3-5-10-17)20(27)15-29-22-23-19-12-7-6-11-18(19)21(28)24(22)13-8-14-26/h3-7,9-12,16,26H,8,13-15H2,1-2H3. The zero-order valence-corrected chi connectivity index (χ0v) is 17.4. The third-order valence-corrected chi connectivity index (χ3v) is 5.47. The average molecular weight is 412 g/mol. The number of hydrogen-bond donors (Lipinski definition) is 1. The Morgan fingerprint density at radius 3 is 2.52 bits per heavy atom. The van der Waals surface area contributed by atoms with E-state index in [0.717, 1.165) is 5.69 Å². The first-order valence-corrected chi connectivity index (χ1v) is 10.6. The third-order valence-electron chi connectivity index (χ3n) is 4.51. The van der Waals surface area contributed by atoms with Crippen LogP contribution in [-0.2, 0) is 11.3 Å². The van der Waals surface area contributed by atoms with E-state index in [4.69, 9.17) is 0 Å². The van der Waals surface area contributed by atoms with Crippen LogP contribution in [0.1, 0.15) is 20.3 Å². The Balaban J connectivity index is 1.88. The molecule has 1 aromatic heterocycles. The lowest BCUT2D eigenvalue weighted by Gasteiger charge is -2.27. The first-order chi connectivity index (χ1) is 14.0. The highest BCUT2D eigenvalue weighted by atomic mass is 32.2. The minimum absolute atomic E-state index is 0.00615. The summed E-state index contributed by atoms with van der Waals surface area (Å²) in [6.45, 7) is 4.29. The zero-order chi connectivity index (χ0) is 20.8. The van der Waals surface area contributed by atoms with Crippen molar-refractivity contribution < 1.29 is 9.90 Å². The first kappa shape index (κ1) is 21.1. The molecule has 0 unspecified atom stereocenters. The topological polar surface area (TPSA) is 75.4 Å². The second-order valence-electron chi connectivity index (χ2n) is 6.93. The van der Waals surface area contributed by atoms with Gasteiger partial charge in [0, 0.05) is 24.9 Å². The maximum Gasteiger partial charge on any atom is 0.262 e. The van der Waals surface area contributed by atoms with Gasteiger partial charge in [0.2, 0.25) is 5.91 Å². The van der Waals surface area contributed by atoms with Crippen molar-refractivity contribution in [2.24, 2.45) is 0 Å². The second-order valence-corrected chi connectivity index (χ2v) is 7.87. The fourth-order valence-electron chi connectivity index (χ4n) is 3.20. The van der Waals surface area contributed by atoms with E-state index in [1.165, 1.54) is 11.8 Å². The minimum atomic E-state index is -0.150. The Labute approximate surface area is 174 Å². The summed E-state index contributed by atoms with van der Waals surface area (Å²) < 4.78 is 1.55. The SMILES string of the molecule is CC(C)N(C(=O)CSc1nc2ccccc2c(=O)n1CCCO)c1ccccc1. The molecule has 0 aliphatic rings. The number of para-hydroxylation sites is 2. The van der Waals surface area contributed by atoms with Gasteiger partial charge in [-0.2, -0.15) is 0 Å². The fourth-order valence-corrected chi connectivity index (χ4v) is 4.08. The lowest BCUT2D eigenvalue weighted by molar-refractivity contribution is -0.116. The monoisotopic (exact) mass is 411 g/mol. The van der Waals surface area contributed by atoms with E-state index in [2.05, 4.69) is 4.98 Å². The molecule has 6 nitrogen and oxygen atoms in total. The average Bonchev–Trinajstić information content (AvgIpc) is 2.72. The van der Waals surface area contributed by atoms with Gasteiger partial charge >= 0.3 is 0 Å². The molecule has 0 aliphatic heterocycles. The number of carbonyl (C=O) groups excluding carboxylic acids is 1. The van der Waals surface area contributed by atoms with Gasteiger partial charge < -0.3 is 10.0 Å². The van der Waals surface area contributed by atoms with Crippen LogP contribution in [-0.4, -0.2) is 39.0 Å². The van der Waals surface area contributed by atoms with Crippen LogP contribution in [0.5, 0.6) is 0 Å². The Bertz CT molecular complexity index is 1030. The molecule has 0 spiro atoms. The summed E-state index contributed by atoms with van der Waals surface area (Å²) >= 11 is 1.25. The van der Waals surface area contributed by atoms with Crippen molar-refractivity contribution in [2.45, 2.75) is 38.0 Å². The molecule has 0 bridgehead atoms. The van der Waals surface area contributed by atoms with Crippen LogP contribution in [0.25, 0.3) is 10.9 Å². The van der Waals surface area contributed by atoms with Gasteiger partial charge in [-0.15, -0.1) is 0 Å². The maximum absolute atomic E-state index is 13.0. The molecule has 1 N–H and O–H groups in total. The maximum atomic E-state index is 13.0. The van der Waals surface area contributed by atoms with E-state index in [1.54, 1.807) is 27.7 Å². The van der Waals surface area contributed by atoms with Gasteiger partial charge in [0.25, 0.3) is 5.56 Å². The van der Waals surface area contributed by atoms with Gasteiger partial charge in [0.15, 0.2) is 5.16 Å². The fraction of sp³-hybridized carbons (Fsp3) is 0.318. The summed E-state index contributed by atoms with van der Waals surface area (Å²) in [5.74, 6) is 0.115. The Morgan fingerprint density at radius 2 is 1.83 bits per heavy atom. The van der Waals surface area contributed by atoms with Crippen LogP contribution in [0.2, 0.25) is 0 Å². The molecule has 0 aliphatic carbocycles. The summed E-state index contributed by atoms with van der Waals surface area (Å²) in [4.78, 5) is 32.2. The highest BCUT2D eigenvalue weighted by Gasteiger charge is 2.20. The van der Waals surface area contributed by atoms with Gasteiger partial charge in [-0.05, 0) is 44.5 Å². The molecule has 29 heavy (non-hydrogen) atoms. The molecule has 0 saturated carbocycles. The van der Waals surface area contributed by atoms with Crippen LogP contribution in [0.4, 0.5) is 5.69 Å². The predicted octanol–water partition coefficient (Wildman–Crippen LogP) is 3.31. The predicted molar refractivity (Wildman–Crippen MR) is 117 cm³/mol. The molecule has 3 aromatic rings. The number of fused-ring (bicyclic) bond motifs is 1. The normalized spacial score (nSPS) is 11.2. The Morgan fingerprint density at radius 1 is 1.14 bits per heavy atom. The van der Waals surface area contributed by atoms with Crippen molar-refractivity contribution >= 4 is 34.3 Å². The third kappa shape index (κ3) is 4.86. The van der Waals surface area contributed by atoms with E-state index < -0.39 is 0 Å². The molecule has 3 rings (SSSR count). The zero-order valence-electron chi connectivity index (χ0n) is 16.6. The molecule has 2 aromatic carbocycles. The molecule has 0 fully saturated rings. The smallest absolute Gasteiger partial charge is 0.262 e. The molecule has 0 radical (unpaired) electrons. The van der Waals surface area contributed by atoms with Crippen molar-refractivity contribution in [3.8, 4) is 0 Å². The number of thioether (sulfide) groups is 1. The number of carbonyl (C=O) groups is 1. The number of amides is 1. The summed E-state index contributed by atoms with van der Waals surface area (Å²) in [6, 6.07) is 16.7. The number of nitrogens with zero attached hydrogens (tertiary/aromatic N) is 3. The van der Waals surface area contributed by atoms with E-state index in [0.29, 0.717) is 29.0 Å². The summed E-state index contributed by atoms with van der Waals surface area (Å²) in [7, 11) is 0. The molecular weight excluding hydrogens is 386 g/mol. The number of aliphatic hydroxyl groups is 1. The Kier molecular flexibility index (Phi) is 7.06. The highest BCUT2D eigenvalue weighted by Crippen LogP contribution is 2.22. The molecular formula is C22H25N3O3S. The largest absolute Gasteiger partial charge is 0.396 e. The van der Waals surface area contributed by atoms with E-state index in [1.807, 2.05) is 50.2 Å². The molecule has 1 heterocycles. The number of aliphatic hydroxyl groups excluding tert-OH is 1. The Hall–Kier alpha value is -2.64. The number of hydrogen-bond acceptors (Lipinski definition) is 5. The lowest BCUT2D eigenvalue weighted by atomic mass is 10.2. The molecule has 0 saturated heterocycles. The number of anilines is 1. The molecule has 0 atom stereocenters. The number of benzene rings is 2. The van der Waals surface area contributed by atoms with Crippen LogP contribution in [0.3, 0.4) is 0 Å². The summed E-state index contributed by atoms with van der Waals surface area (Å²) in [6.07, 6.45) is 0.448.